The Bertz CT molecular complexity index is 1560. The molecular weight excluding hydrogens is 536 g/mol. The molecule has 2 heterocycles. The van der Waals surface area contributed by atoms with Crippen molar-refractivity contribution in [1.82, 2.24) is 10.6 Å². The molecule has 6 heteroatoms. The van der Waals surface area contributed by atoms with Crippen LogP contribution in [-0.2, 0) is 10.8 Å². The van der Waals surface area contributed by atoms with Crippen LogP contribution >= 0.6 is 0 Å². The number of furan rings is 2. The molecule has 232 valence electrons. The molecule has 2 saturated carbocycles. The van der Waals surface area contributed by atoms with Crippen LogP contribution in [0.2, 0.25) is 0 Å². The lowest BCUT2D eigenvalue weighted by Crippen LogP contribution is -2.54. The summed E-state index contributed by atoms with van der Waals surface area (Å²) in [5.74, 6) is 3.86. The van der Waals surface area contributed by atoms with E-state index in [-0.39, 0.29) is 22.5 Å². The average molecular weight is 587 g/mol. The maximum absolute atomic E-state index is 6.35. The fraction of sp³-hybridized carbons (Fsp3) is 0.568. The minimum Gasteiger partial charge on any atom is -0.490 e. The number of hydrogen-bond acceptors (Lipinski definition) is 6. The van der Waals surface area contributed by atoms with Crippen LogP contribution in [0, 0.1) is 0 Å². The summed E-state index contributed by atoms with van der Waals surface area (Å²) in [6, 6.07) is 17.8. The molecule has 0 radical (unpaired) electrons. The second-order valence-electron chi connectivity index (χ2n) is 15.4. The molecule has 6 nitrogen and oxygen atoms in total. The summed E-state index contributed by atoms with van der Waals surface area (Å²) in [6.45, 7) is 15.7. The third kappa shape index (κ3) is 6.76. The maximum atomic E-state index is 6.35. The Hall–Kier alpha value is -2.96. The summed E-state index contributed by atoms with van der Waals surface area (Å²) < 4.78 is 25.0. The van der Waals surface area contributed by atoms with Crippen LogP contribution in [0.3, 0.4) is 0 Å². The van der Waals surface area contributed by atoms with E-state index in [1.807, 2.05) is 19.2 Å². The highest BCUT2D eigenvalue weighted by atomic mass is 16.5. The smallest absolute Gasteiger partial charge is 0.137 e. The zero-order valence-electron chi connectivity index (χ0n) is 27.3. The van der Waals surface area contributed by atoms with Crippen molar-refractivity contribution < 1.29 is 18.3 Å². The molecule has 2 aliphatic rings. The second-order valence-corrected chi connectivity index (χ2v) is 15.4. The van der Waals surface area contributed by atoms with Crippen molar-refractivity contribution in [3.05, 3.63) is 60.1 Å². The number of hydrogen-bond donors (Lipinski definition) is 2. The Labute approximate surface area is 256 Å². The Morgan fingerprint density at radius 3 is 1.95 bits per heavy atom. The van der Waals surface area contributed by atoms with Crippen LogP contribution in [-0.4, -0.2) is 36.9 Å². The first-order valence-electron chi connectivity index (χ1n) is 16.1. The normalized spacial score (nSPS) is 22.9. The van der Waals surface area contributed by atoms with E-state index in [0.29, 0.717) is 18.2 Å². The molecule has 2 aromatic carbocycles. The molecule has 0 bridgehead atoms. The van der Waals surface area contributed by atoms with Gasteiger partial charge < -0.3 is 28.9 Å². The van der Waals surface area contributed by atoms with Gasteiger partial charge in [0, 0.05) is 45.3 Å². The molecule has 0 spiro atoms. The quantitative estimate of drug-likeness (QED) is 0.183. The summed E-state index contributed by atoms with van der Waals surface area (Å²) in [4.78, 5) is 0. The third-order valence-corrected chi connectivity index (χ3v) is 9.56. The van der Waals surface area contributed by atoms with Gasteiger partial charge in [-0.1, -0.05) is 34.6 Å². The standard InChI is InChI=1S/C37H50N2O4/c1-35(2,3)33-16-23-9-10-28(22-32(23)43-33)41-30-20-26(21-30)39-37(6,7)14-13-36(4,5)34-17-24-15-27(11-12-31(24)42-34)40-29-18-25(19-29)38-8/h9-12,15-17,22,25-26,29-30,38-39H,13-14,18-21H2,1-8H3. The minimum atomic E-state index is -0.0738. The minimum absolute atomic E-state index is 0.00766. The van der Waals surface area contributed by atoms with Gasteiger partial charge in [-0.15, -0.1) is 0 Å². The zero-order chi connectivity index (χ0) is 30.6. The van der Waals surface area contributed by atoms with E-state index >= 15 is 0 Å². The van der Waals surface area contributed by atoms with Crippen LogP contribution in [0.5, 0.6) is 11.5 Å². The molecule has 0 aliphatic heterocycles. The van der Waals surface area contributed by atoms with Gasteiger partial charge in [0.05, 0.1) is 0 Å². The van der Waals surface area contributed by atoms with Gasteiger partial charge in [-0.2, -0.15) is 0 Å². The van der Waals surface area contributed by atoms with Gasteiger partial charge in [-0.25, -0.2) is 0 Å². The average Bonchev–Trinajstić information content (AvgIpc) is 3.52. The van der Waals surface area contributed by atoms with Crippen LogP contribution in [0.1, 0.15) is 98.5 Å². The van der Waals surface area contributed by atoms with Crippen molar-refractivity contribution in [2.24, 2.45) is 0 Å². The van der Waals surface area contributed by atoms with Crippen LogP contribution in [0.15, 0.2) is 57.4 Å². The first kappa shape index (κ1) is 30.1. The van der Waals surface area contributed by atoms with E-state index in [2.05, 4.69) is 95.5 Å². The first-order valence-corrected chi connectivity index (χ1v) is 16.1. The number of nitrogens with one attached hydrogen (secondary N) is 2. The Kier molecular flexibility index (Phi) is 7.83. The van der Waals surface area contributed by atoms with E-state index in [4.69, 9.17) is 18.3 Å². The fourth-order valence-electron chi connectivity index (χ4n) is 6.32. The highest BCUT2D eigenvalue weighted by Gasteiger charge is 2.36. The molecule has 6 rings (SSSR count). The summed E-state index contributed by atoms with van der Waals surface area (Å²) >= 11 is 0. The molecule has 0 unspecified atom stereocenters. The van der Waals surface area contributed by atoms with E-state index in [0.717, 1.165) is 83.5 Å². The lowest BCUT2D eigenvalue weighted by atomic mass is 9.79. The first-order chi connectivity index (χ1) is 20.3. The predicted molar refractivity (Wildman–Crippen MR) is 175 cm³/mol. The Morgan fingerprint density at radius 2 is 1.28 bits per heavy atom. The van der Waals surface area contributed by atoms with E-state index < -0.39 is 0 Å². The molecule has 2 fully saturated rings. The van der Waals surface area contributed by atoms with Crippen LogP contribution < -0.4 is 20.1 Å². The highest BCUT2D eigenvalue weighted by molar-refractivity contribution is 5.80. The van der Waals surface area contributed by atoms with Gasteiger partial charge in [0.15, 0.2) is 0 Å². The van der Waals surface area contributed by atoms with Crippen LogP contribution in [0.25, 0.3) is 21.9 Å². The molecule has 0 saturated heterocycles. The van der Waals surface area contributed by atoms with Gasteiger partial charge in [0.25, 0.3) is 0 Å². The number of rotatable bonds is 11. The molecule has 0 atom stereocenters. The second kappa shape index (κ2) is 11.2. The van der Waals surface area contributed by atoms with Gasteiger partial charge in [-0.05, 0) is 102 Å². The van der Waals surface area contributed by atoms with Crippen molar-refractivity contribution in [3.8, 4) is 11.5 Å². The molecular formula is C37H50N2O4. The van der Waals surface area contributed by atoms with Gasteiger partial charge in [0.1, 0.15) is 46.4 Å². The van der Waals surface area contributed by atoms with Crippen molar-refractivity contribution >= 4 is 21.9 Å². The molecule has 0 amide bonds. The number of benzene rings is 2. The molecule has 2 N–H and O–H groups in total. The lowest BCUT2D eigenvalue weighted by molar-refractivity contribution is 0.0689. The summed E-state index contributed by atoms with van der Waals surface area (Å²) in [5.41, 5.74) is 1.76. The lowest BCUT2D eigenvalue weighted by Gasteiger charge is -2.42. The van der Waals surface area contributed by atoms with E-state index in [9.17, 15) is 0 Å². The SMILES string of the molecule is CNC1CC(Oc2ccc3oc(C(C)(C)CCC(C)(C)NC4CC(Oc5ccc6cc(C(C)(C)C)oc6c5)C4)cc3c2)C1. The highest BCUT2D eigenvalue weighted by Crippen LogP contribution is 2.38. The van der Waals surface area contributed by atoms with Crippen molar-refractivity contribution in [1.29, 1.82) is 0 Å². The third-order valence-electron chi connectivity index (χ3n) is 9.56. The largest absolute Gasteiger partial charge is 0.490 e. The fourth-order valence-corrected chi connectivity index (χ4v) is 6.32. The van der Waals surface area contributed by atoms with Gasteiger partial charge in [-0.3, -0.25) is 0 Å². The van der Waals surface area contributed by atoms with Crippen molar-refractivity contribution in [2.45, 2.75) is 128 Å². The zero-order valence-corrected chi connectivity index (χ0v) is 27.3. The Balaban J connectivity index is 0.986. The van der Waals surface area contributed by atoms with Crippen molar-refractivity contribution in [3.63, 3.8) is 0 Å². The summed E-state index contributed by atoms with van der Waals surface area (Å²) in [7, 11) is 2.02. The van der Waals surface area contributed by atoms with E-state index in [1.165, 1.54) is 0 Å². The molecule has 2 aromatic heterocycles. The van der Waals surface area contributed by atoms with E-state index in [1.54, 1.807) is 0 Å². The number of ether oxygens (including phenoxy) is 2. The molecule has 4 aromatic rings. The maximum Gasteiger partial charge on any atom is 0.137 e. The topological polar surface area (TPSA) is 68.8 Å². The monoisotopic (exact) mass is 586 g/mol. The van der Waals surface area contributed by atoms with Gasteiger partial charge >= 0.3 is 0 Å². The predicted octanol–water partition coefficient (Wildman–Crippen LogP) is 8.64. The summed E-state index contributed by atoms with van der Waals surface area (Å²) in [5, 5.41) is 9.46. The summed E-state index contributed by atoms with van der Waals surface area (Å²) in [6.07, 6.45) is 6.77. The van der Waals surface area contributed by atoms with Crippen molar-refractivity contribution in [2.75, 3.05) is 7.05 Å². The van der Waals surface area contributed by atoms with Gasteiger partial charge in [0.2, 0.25) is 0 Å². The Morgan fingerprint density at radius 1 is 0.674 bits per heavy atom. The number of fused-ring (bicyclic) bond motifs is 2. The molecule has 2 aliphatic carbocycles. The van der Waals surface area contributed by atoms with Crippen LogP contribution in [0.4, 0.5) is 0 Å². The molecule has 43 heavy (non-hydrogen) atoms.